The molecule has 2 heterocycles. The Labute approximate surface area is 600 Å². The second-order valence-corrected chi connectivity index (χ2v) is 27.1. The third-order valence-corrected chi connectivity index (χ3v) is 21.8. The summed E-state index contributed by atoms with van der Waals surface area (Å²) in [6.07, 6.45) is 0. The molecule has 0 bridgehead atoms. The molecule has 2 unspecified atom stereocenters. The van der Waals surface area contributed by atoms with Crippen LogP contribution in [0.1, 0.15) is 33.4 Å². The van der Waals surface area contributed by atoms with Gasteiger partial charge in [0.15, 0.2) is 11.2 Å². The zero-order valence-corrected chi connectivity index (χ0v) is 56.3. The SMILES string of the molecule is Fc1cc(-c2ccccc2)cc(-c2ccccc2)c1N(c1ccc2c(c1)C(c1ccccc1)(C1(c3ccccc3)c3ccccc3-c3ccc(N(c4c(F)cc(-c5ccccc5)cc4-c4ccccc4)c4cccc5c4oc4ccccc45)cc31)c1ccccc1-2)c1cccc2c1oc1ccccc12. The fraction of sp³-hybridized carbons (Fsp3) is 0.0204. The molecule has 0 N–H and O–H groups in total. The minimum Gasteiger partial charge on any atom is -0.454 e. The van der Waals surface area contributed by atoms with Gasteiger partial charge in [-0.3, -0.25) is 0 Å². The lowest BCUT2D eigenvalue weighted by Crippen LogP contribution is -2.50. The summed E-state index contributed by atoms with van der Waals surface area (Å²) < 4.78 is 52.3. The van der Waals surface area contributed by atoms with Crippen molar-refractivity contribution in [1.82, 2.24) is 0 Å². The molecule has 16 aromatic carbocycles. The fourth-order valence-corrected chi connectivity index (χ4v) is 17.6. The van der Waals surface area contributed by atoms with Crippen LogP contribution in [0, 0.1) is 11.6 Å². The van der Waals surface area contributed by atoms with Crippen molar-refractivity contribution in [3.8, 4) is 66.8 Å². The summed E-state index contributed by atoms with van der Waals surface area (Å²) in [6.45, 7) is 0. The van der Waals surface area contributed by atoms with Crippen LogP contribution < -0.4 is 9.80 Å². The zero-order chi connectivity index (χ0) is 69.0. The lowest BCUT2D eigenvalue weighted by atomic mass is 9.49. The Balaban J connectivity index is 0.917. The molecule has 20 rings (SSSR count). The van der Waals surface area contributed by atoms with E-state index in [1.807, 2.05) is 133 Å². The van der Waals surface area contributed by atoms with Crippen molar-refractivity contribution in [3.05, 3.63) is 421 Å². The van der Waals surface area contributed by atoms with Crippen LogP contribution in [-0.2, 0) is 10.8 Å². The minimum absolute atomic E-state index is 0.363. The predicted octanol–water partition coefficient (Wildman–Crippen LogP) is 26.7. The van der Waals surface area contributed by atoms with E-state index < -0.39 is 22.5 Å². The van der Waals surface area contributed by atoms with Gasteiger partial charge >= 0.3 is 0 Å². The van der Waals surface area contributed by atoms with Gasteiger partial charge in [-0.1, -0.05) is 303 Å². The van der Waals surface area contributed by atoms with E-state index in [0.717, 1.165) is 122 Å². The number of rotatable bonds is 13. The van der Waals surface area contributed by atoms with Crippen molar-refractivity contribution in [2.24, 2.45) is 0 Å². The predicted molar refractivity (Wildman–Crippen MR) is 422 cm³/mol. The summed E-state index contributed by atoms with van der Waals surface area (Å²) in [7, 11) is 0. The monoisotopic (exact) mass is 1340 g/mol. The van der Waals surface area contributed by atoms with E-state index in [2.05, 4.69) is 240 Å². The Morgan fingerprint density at radius 2 is 0.558 bits per heavy atom. The van der Waals surface area contributed by atoms with Crippen molar-refractivity contribution < 1.29 is 17.6 Å². The second kappa shape index (κ2) is 24.2. The summed E-state index contributed by atoms with van der Waals surface area (Å²) in [4.78, 5) is 4.22. The van der Waals surface area contributed by atoms with Gasteiger partial charge in [0.05, 0.1) is 33.6 Å². The van der Waals surface area contributed by atoms with Crippen LogP contribution in [0.3, 0.4) is 0 Å². The van der Waals surface area contributed by atoms with Gasteiger partial charge in [-0.15, -0.1) is 0 Å². The molecule has 0 fully saturated rings. The summed E-state index contributed by atoms with van der Waals surface area (Å²) in [5.74, 6) is -0.819. The van der Waals surface area contributed by atoms with Crippen molar-refractivity contribution in [2.45, 2.75) is 10.8 Å². The van der Waals surface area contributed by atoms with Crippen LogP contribution in [-0.4, -0.2) is 0 Å². The molecule has 6 heteroatoms. The lowest BCUT2D eigenvalue weighted by Gasteiger charge is -2.51. The minimum atomic E-state index is -1.17. The number of para-hydroxylation sites is 4. The average Bonchev–Trinajstić information content (AvgIpc) is 1.48. The second-order valence-electron chi connectivity index (χ2n) is 27.1. The summed E-state index contributed by atoms with van der Waals surface area (Å²) in [5.41, 5.74) is 20.7. The van der Waals surface area contributed by atoms with Crippen LogP contribution in [0.5, 0.6) is 0 Å². The number of furan rings is 2. The highest BCUT2D eigenvalue weighted by atomic mass is 19.1. The summed E-state index contributed by atoms with van der Waals surface area (Å²) in [6, 6.07) is 130. The number of nitrogens with zero attached hydrogens (tertiary/aromatic N) is 2. The van der Waals surface area contributed by atoms with Crippen molar-refractivity contribution in [2.75, 3.05) is 9.80 Å². The first kappa shape index (κ1) is 60.5. The molecule has 0 aliphatic heterocycles. The molecular weight excluding hydrogens is 1280 g/mol. The quantitative estimate of drug-likeness (QED) is 0.115. The van der Waals surface area contributed by atoms with Crippen molar-refractivity contribution in [3.63, 3.8) is 0 Å². The van der Waals surface area contributed by atoms with E-state index in [1.165, 1.54) is 0 Å². The number of hydrogen-bond acceptors (Lipinski definition) is 4. The standard InChI is InChI=1S/C98H62F2N2O2/c99-87-59-67(63-29-7-1-8-30-63)57-81(65-33-11-3-12-34-65)93(87)101(89-49-27-45-79-77-43-21-25-51-91(77)103-95(79)89)71-53-55-75-73-41-19-23-47-83(73)97(85(75)61-71,69-37-15-5-16-38-69)98(70-39-17-6-18-40-70)84-48-24-20-42-74(84)76-56-54-72(62-86(76)98)102(90-50-28-46-80-78-44-22-26-52-92(78)104-96(80)90)94-82(66-35-13-4-14-36-66)58-68(60-88(94)100)64-31-9-2-10-32-64/h1-62H. The molecule has 0 amide bonds. The van der Waals surface area contributed by atoms with Gasteiger partial charge in [-0.2, -0.15) is 0 Å². The third kappa shape index (κ3) is 9.08. The highest BCUT2D eigenvalue weighted by Crippen LogP contribution is 2.71. The summed E-state index contributed by atoms with van der Waals surface area (Å²) in [5, 5.41) is 3.73. The number of halogens is 2. The molecule has 2 aliphatic carbocycles. The Kier molecular flexibility index (Phi) is 14.1. The topological polar surface area (TPSA) is 32.8 Å². The van der Waals surface area contributed by atoms with Crippen LogP contribution in [0.4, 0.5) is 42.9 Å². The molecule has 104 heavy (non-hydrogen) atoms. The zero-order valence-electron chi connectivity index (χ0n) is 56.3. The maximum absolute atomic E-state index is 19.1. The van der Waals surface area contributed by atoms with Gasteiger partial charge in [0, 0.05) is 44.0 Å². The van der Waals surface area contributed by atoms with Gasteiger partial charge in [-0.25, -0.2) is 8.78 Å². The Bertz CT molecular complexity index is 6000. The van der Waals surface area contributed by atoms with Gasteiger partial charge in [0.25, 0.3) is 0 Å². The third-order valence-electron chi connectivity index (χ3n) is 21.8. The summed E-state index contributed by atoms with van der Waals surface area (Å²) >= 11 is 0. The van der Waals surface area contributed by atoms with E-state index in [9.17, 15) is 0 Å². The number of hydrogen-bond donors (Lipinski definition) is 0. The number of fused-ring (bicyclic) bond motifs is 12. The first-order valence-corrected chi connectivity index (χ1v) is 35.3. The first-order valence-electron chi connectivity index (χ1n) is 35.3. The first-order chi connectivity index (χ1) is 51.4. The molecule has 4 nitrogen and oxygen atoms in total. The van der Waals surface area contributed by atoms with Gasteiger partial charge in [0.2, 0.25) is 0 Å². The molecule has 0 saturated carbocycles. The van der Waals surface area contributed by atoms with Crippen molar-refractivity contribution in [1.29, 1.82) is 0 Å². The largest absolute Gasteiger partial charge is 0.454 e. The molecule has 18 aromatic rings. The molecule has 2 aromatic heterocycles. The van der Waals surface area contributed by atoms with E-state index >= 15 is 8.78 Å². The van der Waals surface area contributed by atoms with E-state index in [4.69, 9.17) is 8.83 Å². The number of anilines is 6. The Morgan fingerprint density at radius 3 is 0.962 bits per heavy atom. The fourth-order valence-electron chi connectivity index (χ4n) is 17.6. The van der Waals surface area contributed by atoms with Crippen LogP contribution in [0.2, 0.25) is 0 Å². The molecule has 0 radical (unpaired) electrons. The molecule has 0 spiro atoms. The Hall–Kier alpha value is -13.4. The maximum atomic E-state index is 19.1. The van der Waals surface area contributed by atoms with Crippen molar-refractivity contribution >= 4 is 78.0 Å². The number of benzene rings is 16. The van der Waals surface area contributed by atoms with Crippen LogP contribution >= 0.6 is 0 Å². The van der Waals surface area contributed by atoms with E-state index in [1.54, 1.807) is 12.1 Å². The maximum Gasteiger partial charge on any atom is 0.159 e. The van der Waals surface area contributed by atoms with Gasteiger partial charge in [-0.05, 0) is 162 Å². The molecule has 0 saturated heterocycles. The normalized spacial score (nSPS) is 14.9. The average molecular weight is 1340 g/mol. The molecule has 2 aliphatic rings. The molecule has 490 valence electrons. The lowest BCUT2D eigenvalue weighted by molar-refractivity contribution is 0.437. The molecule has 2 atom stereocenters. The Morgan fingerprint density at radius 1 is 0.231 bits per heavy atom. The van der Waals surface area contributed by atoms with Crippen LogP contribution in [0.15, 0.2) is 385 Å². The molecular formula is C98H62F2N2O2. The highest BCUT2D eigenvalue weighted by molar-refractivity contribution is 6.13. The van der Waals surface area contributed by atoms with Gasteiger partial charge < -0.3 is 18.6 Å². The smallest absolute Gasteiger partial charge is 0.159 e. The highest BCUT2D eigenvalue weighted by Gasteiger charge is 2.64. The van der Waals surface area contributed by atoms with Gasteiger partial charge in [0.1, 0.15) is 22.8 Å². The van der Waals surface area contributed by atoms with E-state index in [0.29, 0.717) is 56.4 Å². The van der Waals surface area contributed by atoms with Crippen LogP contribution in [0.25, 0.3) is 111 Å². The van der Waals surface area contributed by atoms with E-state index in [-0.39, 0.29) is 0 Å².